The predicted octanol–water partition coefficient (Wildman–Crippen LogP) is 22.8. The van der Waals surface area contributed by atoms with Gasteiger partial charge in [-0.05, 0) is 49.4 Å². The van der Waals surface area contributed by atoms with Crippen molar-refractivity contribution in [1.82, 2.24) is 0 Å². The number of phosphoric acid groups is 2. The summed E-state index contributed by atoms with van der Waals surface area (Å²) in [5, 5.41) is 10.6. The summed E-state index contributed by atoms with van der Waals surface area (Å²) in [6.45, 7) is 14.2. The second kappa shape index (κ2) is 67.2. The van der Waals surface area contributed by atoms with E-state index in [2.05, 4.69) is 55.4 Å². The van der Waals surface area contributed by atoms with E-state index < -0.39 is 97.5 Å². The van der Waals surface area contributed by atoms with Crippen molar-refractivity contribution in [2.24, 2.45) is 23.7 Å². The van der Waals surface area contributed by atoms with Gasteiger partial charge in [-0.3, -0.25) is 37.3 Å². The fraction of sp³-hybridized carbons (Fsp3) is 0.949. The number of phosphoric ester groups is 2. The fourth-order valence-electron chi connectivity index (χ4n) is 11.8. The van der Waals surface area contributed by atoms with E-state index in [4.69, 9.17) is 37.0 Å². The van der Waals surface area contributed by atoms with E-state index in [-0.39, 0.29) is 25.7 Å². The van der Waals surface area contributed by atoms with Crippen molar-refractivity contribution in [1.29, 1.82) is 0 Å². The molecular formula is C78H152O17P2. The number of ether oxygens (including phenoxy) is 4. The van der Waals surface area contributed by atoms with Crippen molar-refractivity contribution in [3.63, 3.8) is 0 Å². The van der Waals surface area contributed by atoms with E-state index in [0.29, 0.717) is 31.6 Å². The van der Waals surface area contributed by atoms with Gasteiger partial charge in [0.2, 0.25) is 0 Å². The third kappa shape index (κ3) is 69.5. The molecule has 0 bridgehead atoms. The largest absolute Gasteiger partial charge is 0.472 e. The zero-order valence-electron chi connectivity index (χ0n) is 63.7. The first kappa shape index (κ1) is 95.1. The Morgan fingerprint density at radius 2 is 0.495 bits per heavy atom. The highest BCUT2D eigenvalue weighted by atomic mass is 31.2. The molecule has 3 N–H and O–H groups in total. The van der Waals surface area contributed by atoms with Crippen LogP contribution in [0.2, 0.25) is 0 Å². The number of rotatable bonds is 75. The van der Waals surface area contributed by atoms with Crippen molar-refractivity contribution in [2.75, 3.05) is 39.6 Å². The molecule has 0 aromatic rings. The molecule has 0 saturated carbocycles. The predicted molar refractivity (Wildman–Crippen MR) is 395 cm³/mol. The highest BCUT2D eigenvalue weighted by Crippen LogP contribution is 2.45. The van der Waals surface area contributed by atoms with Gasteiger partial charge in [-0.2, -0.15) is 0 Å². The van der Waals surface area contributed by atoms with Crippen molar-refractivity contribution in [2.45, 2.75) is 414 Å². The smallest absolute Gasteiger partial charge is 0.462 e. The number of hydrogen-bond donors (Lipinski definition) is 3. The number of unbranched alkanes of at least 4 members (excludes halogenated alkanes) is 39. The molecule has 7 atom stereocenters. The topological polar surface area (TPSA) is 237 Å². The van der Waals surface area contributed by atoms with E-state index in [1.165, 1.54) is 193 Å². The van der Waals surface area contributed by atoms with Gasteiger partial charge in [0.15, 0.2) is 12.2 Å². The van der Waals surface area contributed by atoms with E-state index in [1.54, 1.807) is 0 Å². The van der Waals surface area contributed by atoms with E-state index in [1.807, 2.05) is 0 Å². The highest BCUT2D eigenvalue weighted by Gasteiger charge is 2.30. The van der Waals surface area contributed by atoms with E-state index in [9.17, 15) is 43.2 Å². The number of aliphatic hydroxyl groups excluding tert-OH is 1. The number of esters is 4. The van der Waals surface area contributed by atoms with Gasteiger partial charge in [0.1, 0.15) is 19.3 Å². The summed E-state index contributed by atoms with van der Waals surface area (Å²) in [6, 6.07) is 0. The highest BCUT2D eigenvalue weighted by molar-refractivity contribution is 7.47. The van der Waals surface area contributed by atoms with Gasteiger partial charge in [0.25, 0.3) is 0 Å². The van der Waals surface area contributed by atoms with Crippen LogP contribution in [0.25, 0.3) is 0 Å². The molecule has 17 nitrogen and oxygen atoms in total. The first-order chi connectivity index (χ1) is 46.7. The molecule has 97 heavy (non-hydrogen) atoms. The number of carbonyl (C=O) groups is 4. The van der Waals surface area contributed by atoms with Gasteiger partial charge in [0, 0.05) is 25.7 Å². The molecule has 0 aliphatic carbocycles. The lowest BCUT2D eigenvalue weighted by atomic mass is 9.99. The number of carbonyl (C=O) groups excluding carboxylic acids is 4. The molecule has 0 saturated heterocycles. The molecule has 19 heteroatoms. The van der Waals surface area contributed by atoms with E-state index in [0.717, 1.165) is 114 Å². The molecule has 0 amide bonds. The normalized spacial score (nSPS) is 14.6. The molecule has 0 heterocycles. The maximum absolute atomic E-state index is 13.1. The molecule has 0 radical (unpaired) electrons. The molecule has 0 fully saturated rings. The Balaban J connectivity index is 5.17. The third-order valence-corrected chi connectivity index (χ3v) is 20.7. The Kier molecular flexibility index (Phi) is 65.9. The van der Waals surface area contributed by atoms with Gasteiger partial charge in [0.05, 0.1) is 26.4 Å². The maximum atomic E-state index is 13.1. The van der Waals surface area contributed by atoms with Crippen LogP contribution >= 0.6 is 15.6 Å². The van der Waals surface area contributed by atoms with Crippen LogP contribution in [0.15, 0.2) is 0 Å². The summed E-state index contributed by atoms with van der Waals surface area (Å²) in [5.74, 6) is 0.963. The minimum Gasteiger partial charge on any atom is -0.462 e. The van der Waals surface area contributed by atoms with Crippen LogP contribution in [0.5, 0.6) is 0 Å². The molecule has 0 aromatic carbocycles. The van der Waals surface area contributed by atoms with Gasteiger partial charge in [-0.1, -0.05) is 344 Å². The molecular weight excluding hydrogens is 1270 g/mol. The second-order valence-corrected chi connectivity index (χ2v) is 32.4. The van der Waals surface area contributed by atoms with Crippen LogP contribution in [0.3, 0.4) is 0 Å². The molecule has 0 rings (SSSR count). The lowest BCUT2D eigenvalue weighted by molar-refractivity contribution is -0.161. The molecule has 0 aromatic heterocycles. The number of aliphatic hydroxyl groups is 1. The average Bonchev–Trinajstić information content (AvgIpc) is 0.976. The Labute approximate surface area is 594 Å². The zero-order chi connectivity index (χ0) is 71.7. The standard InChI is InChI=1S/C78H152O17P2/c1-9-70(7)56-48-40-32-26-22-18-15-16-20-24-28-34-44-52-60-77(82)94-74(65-89-76(81)59-51-43-37-36-41-49-57-71(8)10-2)67-93-97(86,87)91-63-72(79)62-90-96(84,85)92-66-73(95-78(83)61-53-45-35-29-31-39-47-55-69(5)6)64-88-75(80)58-50-42-33-27-23-19-14-12-11-13-17-21-25-30-38-46-54-68(3)4/h68-74,79H,9-67H2,1-8H3,(H,84,85)(H,86,87)/t70?,71?,72-,73-,74-/m1/s1. The minimum atomic E-state index is -4.96. The van der Waals surface area contributed by atoms with Crippen LogP contribution in [-0.2, 0) is 65.4 Å². The Bertz CT molecular complexity index is 1910. The summed E-state index contributed by atoms with van der Waals surface area (Å²) in [7, 11) is -9.91. The summed E-state index contributed by atoms with van der Waals surface area (Å²) in [5.41, 5.74) is 0. The van der Waals surface area contributed by atoms with Gasteiger partial charge >= 0.3 is 39.5 Å². The maximum Gasteiger partial charge on any atom is 0.472 e. The van der Waals surface area contributed by atoms with Gasteiger partial charge < -0.3 is 33.8 Å². The SMILES string of the molecule is CCC(C)CCCCCCCCCCCCCCCCC(=O)O[C@H](COC(=O)CCCCCCCCC(C)CC)COP(=O)(O)OC[C@H](O)COP(=O)(O)OC[C@@H](COC(=O)CCCCCCCCCCCCCCCCCCC(C)C)OC(=O)CCCCCCCCCC(C)C. The Morgan fingerprint density at radius 3 is 0.732 bits per heavy atom. The van der Waals surface area contributed by atoms with Crippen LogP contribution < -0.4 is 0 Å². The Morgan fingerprint density at radius 1 is 0.289 bits per heavy atom. The molecule has 0 aliphatic heterocycles. The summed E-state index contributed by atoms with van der Waals surface area (Å²) < 4.78 is 68.5. The molecule has 0 aliphatic rings. The monoisotopic (exact) mass is 1420 g/mol. The Hall–Kier alpha value is -1.94. The van der Waals surface area contributed by atoms with Crippen LogP contribution in [-0.4, -0.2) is 96.7 Å². The van der Waals surface area contributed by atoms with Crippen molar-refractivity contribution in [3.8, 4) is 0 Å². The average molecular weight is 1420 g/mol. The second-order valence-electron chi connectivity index (χ2n) is 29.5. The summed E-state index contributed by atoms with van der Waals surface area (Å²) in [6.07, 6.45) is 52.9. The van der Waals surface area contributed by atoms with Gasteiger partial charge in [-0.15, -0.1) is 0 Å². The molecule has 4 unspecified atom stereocenters. The van der Waals surface area contributed by atoms with Crippen LogP contribution in [0, 0.1) is 23.7 Å². The number of hydrogen-bond acceptors (Lipinski definition) is 15. The van der Waals surface area contributed by atoms with Gasteiger partial charge in [-0.25, -0.2) is 9.13 Å². The fourth-order valence-corrected chi connectivity index (χ4v) is 13.4. The van der Waals surface area contributed by atoms with Crippen molar-refractivity contribution < 1.29 is 80.2 Å². The van der Waals surface area contributed by atoms with Crippen LogP contribution in [0.4, 0.5) is 0 Å². The summed E-state index contributed by atoms with van der Waals surface area (Å²) >= 11 is 0. The van der Waals surface area contributed by atoms with Crippen molar-refractivity contribution in [3.05, 3.63) is 0 Å². The lowest BCUT2D eigenvalue weighted by Crippen LogP contribution is -2.30. The summed E-state index contributed by atoms with van der Waals surface area (Å²) in [4.78, 5) is 72.8. The van der Waals surface area contributed by atoms with Crippen molar-refractivity contribution >= 4 is 39.5 Å². The minimum absolute atomic E-state index is 0.103. The zero-order valence-corrected chi connectivity index (χ0v) is 65.5. The molecule has 0 spiro atoms. The van der Waals surface area contributed by atoms with E-state index >= 15 is 0 Å². The quantitative estimate of drug-likeness (QED) is 0.0222. The van der Waals surface area contributed by atoms with Crippen LogP contribution in [0.1, 0.15) is 396 Å². The lowest BCUT2D eigenvalue weighted by Gasteiger charge is -2.21. The molecule has 576 valence electrons. The first-order valence-corrected chi connectivity index (χ1v) is 43.3. The first-order valence-electron chi connectivity index (χ1n) is 40.3. The third-order valence-electron chi connectivity index (χ3n) is 18.8.